The van der Waals surface area contributed by atoms with Crippen LogP contribution in [0.3, 0.4) is 0 Å². The summed E-state index contributed by atoms with van der Waals surface area (Å²) in [5, 5.41) is 0. The van der Waals surface area contributed by atoms with Crippen LogP contribution < -0.4 is 0 Å². The lowest BCUT2D eigenvalue weighted by Crippen LogP contribution is -2.44. The Hall–Kier alpha value is -1.68. The molecule has 108 valence electrons. The van der Waals surface area contributed by atoms with E-state index in [2.05, 4.69) is 0 Å². The molecule has 0 amide bonds. The van der Waals surface area contributed by atoms with Crippen molar-refractivity contribution in [2.24, 2.45) is 5.41 Å². The number of Topliss-reactive ketones (excluding diaryl/α,β-unsaturated/α-hetero) is 1. The van der Waals surface area contributed by atoms with Crippen LogP contribution in [-0.2, 0) is 25.5 Å². The highest BCUT2D eigenvalue weighted by atomic mass is 16.5. The highest BCUT2D eigenvalue weighted by Gasteiger charge is 2.50. The van der Waals surface area contributed by atoms with E-state index in [9.17, 15) is 9.59 Å². The molecule has 2 atom stereocenters. The minimum Gasteiger partial charge on any atom is -0.465 e. The summed E-state index contributed by atoms with van der Waals surface area (Å²) in [6.07, 6.45) is 0.215. The van der Waals surface area contributed by atoms with E-state index >= 15 is 0 Å². The van der Waals surface area contributed by atoms with Gasteiger partial charge >= 0.3 is 5.97 Å². The van der Waals surface area contributed by atoms with Gasteiger partial charge in [0.25, 0.3) is 0 Å². The molecule has 0 saturated carbocycles. The number of esters is 1. The predicted molar refractivity (Wildman–Crippen MR) is 74.3 cm³/mol. The molecule has 0 bridgehead atoms. The van der Waals surface area contributed by atoms with Crippen LogP contribution in [0.15, 0.2) is 24.3 Å². The van der Waals surface area contributed by atoms with Gasteiger partial charge in [-0.25, -0.2) is 0 Å². The first-order valence-corrected chi connectivity index (χ1v) is 6.89. The van der Waals surface area contributed by atoms with Gasteiger partial charge in [-0.3, -0.25) is 9.59 Å². The molecule has 0 N–H and O–H groups in total. The second-order valence-corrected chi connectivity index (χ2v) is 5.18. The third kappa shape index (κ3) is 2.36. The van der Waals surface area contributed by atoms with Gasteiger partial charge < -0.3 is 9.47 Å². The molecule has 0 aromatic heterocycles. The topological polar surface area (TPSA) is 52.6 Å². The number of rotatable bonds is 4. The van der Waals surface area contributed by atoms with Crippen molar-refractivity contribution >= 4 is 11.8 Å². The van der Waals surface area contributed by atoms with Gasteiger partial charge in [-0.05, 0) is 38.3 Å². The van der Waals surface area contributed by atoms with Crippen molar-refractivity contribution in [2.45, 2.75) is 33.3 Å². The summed E-state index contributed by atoms with van der Waals surface area (Å²) in [6, 6.07) is 7.78. The molecule has 0 fully saturated rings. The minimum absolute atomic E-state index is 0.238. The molecule has 0 saturated heterocycles. The first kappa shape index (κ1) is 14.7. The molecular formula is C16H20O4. The van der Waals surface area contributed by atoms with E-state index in [-0.39, 0.29) is 12.4 Å². The average molecular weight is 276 g/mol. The van der Waals surface area contributed by atoms with E-state index in [0.29, 0.717) is 6.61 Å². The molecule has 1 aromatic carbocycles. The Kier molecular flexibility index (Phi) is 4.23. The first-order valence-electron chi connectivity index (χ1n) is 6.89. The fraction of sp³-hybridized carbons (Fsp3) is 0.500. The van der Waals surface area contributed by atoms with Crippen LogP contribution in [0, 0.1) is 5.41 Å². The van der Waals surface area contributed by atoms with Crippen molar-refractivity contribution in [3.05, 3.63) is 35.4 Å². The van der Waals surface area contributed by atoms with Crippen molar-refractivity contribution in [2.75, 3.05) is 13.2 Å². The van der Waals surface area contributed by atoms with E-state index in [4.69, 9.17) is 9.47 Å². The molecule has 0 radical (unpaired) electrons. The molecule has 0 spiro atoms. The number of hydrogen-bond donors (Lipinski definition) is 0. The number of ketones is 1. The minimum atomic E-state index is -1.30. The molecule has 1 aliphatic rings. The molecule has 1 aliphatic heterocycles. The Morgan fingerprint density at radius 3 is 2.75 bits per heavy atom. The molecule has 1 aromatic rings. The Balaban J connectivity index is 2.46. The summed E-state index contributed by atoms with van der Waals surface area (Å²) in [5.74, 6) is -0.758. The highest BCUT2D eigenvalue weighted by Crippen LogP contribution is 2.42. The number of carbonyl (C=O) groups excluding carboxylic acids is 2. The van der Waals surface area contributed by atoms with Crippen LogP contribution in [0.2, 0.25) is 0 Å². The molecule has 1 heterocycles. The van der Waals surface area contributed by atoms with Crippen molar-refractivity contribution in [1.82, 2.24) is 0 Å². The summed E-state index contributed by atoms with van der Waals surface area (Å²) in [6.45, 7) is 5.51. The standard InChI is InChI=1S/C16H20O4/c1-4-19-15(18)16(3,11(2)17)14-13-8-6-5-7-12(13)9-10-20-14/h5-8,14H,4,9-10H2,1-3H3. The maximum absolute atomic E-state index is 12.3. The van der Waals surface area contributed by atoms with Gasteiger partial charge in [0.1, 0.15) is 11.9 Å². The van der Waals surface area contributed by atoms with E-state index in [1.165, 1.54) is 6.92 Å². The van der Waals surface area contributed by atoms with E-state index in [1.54, 1.807) is 13.8 Å². The lowest BCUT2D eigenvalue weighted by molar-refractivity contribution is -0.170. The normalized spacial score (nSPS) is 20.6. The lowest BCUT2D eigenvalue weighted by atomic mass is 9.75. The first-order chi connectivity index (χ1) is 9.51. The average Bonchev–Trinajstić information content (AvgIpc) is 2.45. The summed E-state index contributed by atoms with van der Waals surface area (Å²) < 4.78 is 10.9. The van der Waals surface area contributed by atoms with Crippen molar-refractivity contribution in [3.63, 3.8) is 0 Å². The zero-order valence-corrected chi connectivity index (χ0v) is 12.1. The van der Waals surface area contributed by atoms with Gasteiger partial charge in [0.05, 0.1) is 13.2 Å². The second-order valence-electron chi connectivity index (χ2n) is 5.18. The number of fused-ring (bicyclic) bond motifs is 1. The van der Waals surface area contributed by atoms with E-state index in [0.717, 1.165) is 17.5 Å². The molecule has 2 rings (SSSR count). The highest BCUT2D eigenvalue weighted by molar-refractivity contribution is 6.03. The maximum atomic E-state index is 12.3. The molecule has 20 heavy (non-hydrogen) atoms. The van der Waals surface area contributed by atoms with Crippen molar-refractivity contribution in [3.8, 4) is 0 Å². The van der Waals surface area contributed by atoms with Crippen LogP contribution in [0.25, 0.3) is 0 Å². The van der Waals surface area contributed by atoms with Crippen molar-refractivity contribution in [1.29, 1.82) is 0 Å². The number of ether oxygens (including phenoxy) is 2. The maximum Gasteiger partial charge on any atom is 0.322 e. The summed E-state index contributed by atoms with van der Waals surface area (Å²) >= 11 is 0. The van der Waals surface area contributed by atoms with Gasteiger partial charge in [0, 0.05) is 0 Å². The van der Waals surface area contributed by atoms with Crippen LogP contribution in [0.4, 0.5) is 0 Å². The second kappa shape index (κ2) is 5.75. The fourth-order valence-corrected chi connectivity index (χ4v) is 2.59. The molecule has 4 nitrogen and oxygen atoms in total. The number of benzene rings is 1. The smallest absolute Gasteiger partial charge is 0.322 e. The van der Waals surface area contributed by atoms with Crippen LogP contribution >= 0.6 is 0 Å². The Morgan fingerprint density at radius 1 is 1.40 bits per heavy atom. The van der Waals surface area contributed by atoms with Crippen LogP contribution in [-0.4, -0.2) is 25.0 Å². The summed E-state index contributed by atoms with van der Waals surface area (Å²) in [5.41, 5.74) is 0.733. The van der Waals surface area contributed by atoms with Gasteiger partial charge in [0.2, 0.25) is 0 Å². The third-order valence-corrected chi connectivity index (χ3v) is 3.95. The molecule has 0 aliphatic carbocycles. The zero-order chi connectivity index (χ0) is 14.8. The predicted octanol–water partition coefficient (Wildman–Crippen LogP) is 2.46. The Labute approximate surface area is 119 Å². The van der Waals surface area contributed by atoms with Crippen LogP contribution in [0.1, 0.15) is 38.0 Å². The van der Waals surface area contributed by atoms with Gasteiger partial charge in [-0.1, -0.05) is 24.3 Å². The van der Waals surface area contributed by atoms with Crippen molar-refractivity contribution < 1.29 is 19.1 Å². The number of carbonyl (C=O) groups is 2. The summed E-state index contributed by atoms with van der Waals surface area (Å²) in [7, 11) is 0. The van der Waals surface area contributed by atoms with E-state index < -0.39 is 17.5 Å². The molecular weight excluding hydrogens is 256 g/mol. The van der Waals surface area contributed by atoms with Crippen LogP contribution in [0.5, 0.6) is 0 Å². The quantitative estimate of drug-likeness (QED) is 0.626. The number of hydrogen-bond acceptors (Lipinski definition) is 4. The van der Waals surface area contributed by atoms with E-state index in [1.807, 2.05) is 24.3 Å². The molecule has 4 heteroatoms. The van der Waals surface area contributed by atoms with Gasteiger partial charge in [0.15, 0.2) is 5.41 Å². The van der Waals surface area contributed by atoms with Gasteiger partial charge in [-0.2, -0.15) is 0 Å². The fourth-order valence-electron chi connectivity index (χ4n) is 2.59. The Bertz CT molecular complexity index is 523. The zero-order valence-electron chi connectivity index (χ0n) is 12.1. The Morgan fingerprint density at radius 2 is 2.10 bits per heavy atom. The largest absolute Gasteiger partial charge is 0.465 e. The monoisotopic (exact) mass is 276 g/mol. The summed E-state index contributed by atoms with van der Waals surface area (Å²) in [4.78, 5) is 24.4. The molecule has 2 unspecified atom stereocenters. The third-order valence-electron chi connectivity index (χ3n) is 3.95. The SMILES string of the molecule is CCOC(=O)C(C)(C(C)=O)C1OCCc2ccccc21. The van der Waals surface area contributed by atoms with Gasteiger partial charge in [-0.15, -0.1) is 0 Å². The lowest BCUT2D eigenvalue weighted by Gasteiger charge is -2.37.